The number of hydrogen-bond donors (Lipinski definition) is 9. The molecular formula is C47H68N10O14. The number of ether oxygens (including phenoxy) is 3. The number of nitrogens with two attached hydrogens (primary N) is 2. The van der Waals surface area contributed by atoms with Gasteiger partial charge in [-0.05, 0) is 70.1 Å². The number of carbonyl (C=O) groups is 10. The van der Waals surface area contributed by atoms with Crippen molar-refractivity contribution in [1.29, 1.82) is 0 Å². The number of amides is 9. The van der Waals surface area contributed by atoms with E-state index in [1.807, 2.05) is 6.92 Å². The SMILES string of the molecule is CC(=O)OC[C@]1(C)C=C2C(=O)[C@](C)(O)C3(CC3)C(C)=C2[C@H]1OC(=O)N(C)CCN(C)C(=O)OCc1ccc(NC(=O)C(CCCNC(N)=O)NC(=O)C(NC(=O)CNC(=O)CNC(=O)CN)C(C)C)cc1. The van der Waals surface area contributed by atoms with Gasteiger partial charge in [0.05, 0.1) is 25.0 Å². The predicted octanol–water partition coefficient (Wildman–Crippen LogP) is -0.164. The molecule has 24 nitrogen and oxygen atoms in total. The normalized spacial score (nSPS) is 20.3. The van der Waals surface area contributed by atoms with Crippen LogP contribution in [0.4, 0.5) is 20.1 Å². The fourth-order valence-corrected chi connectivity index (χ4v) is 8.34. The summed E-state index contributed by atoms with van der Waals surface area (Å²) >= 11 is 0. The molecule has 1 saturated carbocycles. The Morgan fingerprint density at radius 2 is 1.45 bits per heavy atom. The first-order chi connectivity index (χ1) is 33.3. The van der Waals surface area contributed by atoms with E-state index in [2.05, 4.69) is 31.9 Å². The zero-order chi connectivity index (χ0) is 53.0. The molecule has 4 rings (SSSR count). The number of benzene rings is 1. The van der Waals surface area contributed by atoms with E-state index >= 15 is 0 Å². The van der Waals surface area contributed by atoms with Crippen LogP contribution in [0.3, 0.4) is 0 Å². The van der Waals surface area contributed by atoms with Crippen molar-refractivity contribution in [3.63, 3.8) is 0 Å². The number of esters is 1. The van der Waals surface area contributed by atoms with Gasteiger partial charge in [0.15, 0.2) is 5.78 Å². The minimum atomic E-state index is -1.64. The summed E-state index contributed by atoms with van der Waals surface area (Å²) < 4.78 is 16.9. The highest BCUT2D eigenvalue weighted by atomic mass is 16.6. The van der Waals surface area contributed by atoms with Crippen LogP contribution in [0, 0.1) is 16.7 Å². The fraction of sp³-hybridized carbons (Fsp3) is 0.574. The molecule has 390 valence electrons. The molecule has 0 bridgehead atoms. The van der Waals surface area contributed by atoms with Crippen LogP contribution >= 0.6 is 0 Å². The van der Waals surface area contributed by atoms with Gasteiger partial charge in [0.1, 0.15) is 37.0 Å². The lowest BCUT2D eigenvalue weighted by molar-refractivity contribution is -0.145. The quantitative estimate of drug-likeness (QED) is 0.0391. The Bertz CT molecular complexity index is 2290. The smallest absolute Gasteiger partial charge is 0.410 e. The number of nitrogens with one attached hydrogen (secondary N) is 6. The number of primary amides is 1. The van der Waals surface area contributed by atoms with Crippen molar-refractivity contribution in [1.82, 2.24) is 36.4 Å². The third kappa shape index (κ3) is 14.5. The van der Waals surface area contributed by atoms with Crippen LogP contribution in [0.25, 0.3) is 0 Å². The van der Waals surface area contributed by atoms with Gasteiger partial charge in [-0.2, -0.15) is 0 Å². The second kappa shape index (κ2) is 24.2. The monoisotopic (exact) mass is 996 g/mol. The number of carbonyl (C=O) groups excluding carboxylic acids is 10. The number of rotatable bonds is 23. The van der Waals surface area contributed by atoms with Crippen molar-refractivity contribution in [2.24, 2.45) is 28.2 Å². The number of hydrogen-bond acceptors (Lipinski definition) is 15. The first kappa shape index (κ1) is 56.5. The van der Waals surface area contributed by atoms with Gasteiger partial charge in [-0.25, -0.2) is 14.4 Å². The molecule has 1 spiro atoms. The summed E-state index contributed by atoms with van der Waals surface area (Å²) in [5, 5.41) is 26.3. The van der Waals surface area contributed by atoms with Gasteiger partial charge >= 0.3 is 24.2 Å². The van der Waals surface area contributed by atoms with Crippen molar-refractivity contribution in [2.75, 3.05) is 65.3 Å². The highest BCUT2D eigenvalue weighted by molar-refractivity contribution is 6.09. The minimum absolute atomic E-state index is 0.0246. The average molecular weight is 997 g/mol. The molecule has 0 heterocycles. The first-order valence-corrected chi connectivity index (χ1v) is 23.2. The highest BCUT2D eigenvalue weighted by Crippen LogP contribution is 2.65. The third-order valence-corrected chi connectivity index (χ3v) is 12.8. The molecule has 0 saturated heterocycles. The van der Waals surface area contributed by atoms with Crippen LogP contribution in [-0.4, -0.2) is 158 Å². The van der Waals surface area contributed by atoms with E-state index < -0.39 is 113 Å². The molecule has 71 heavy (non-hydrogen) atoms. The maximum atomic E-state index is 13.6. The van der Waals surface area contributed by atoms with Gasteiger partial charge < -0.3 is 72.5 Å². The summed E-state index contributed by atoms with van der Waals surface area (Å²) in [6.07, 6.45) is 0.619. The molecule has 24 heteroatoms. The Balaban J connectivity index is 1.30. The molecule has 3 aliphatic carbocycles. The van der Waals surface area contributed by atoms with Crippen LogP contribution in [0.1, 0.15) is 72.8 Å². The van der Waals surface area contributed by atoms with E-state index in [0.29, 0.717) is 29.7 Å². The maximum Gasteiger partial charge on any atom is 0.410 e. The molecule has 11 N–H and O–H groups in total. The zero-order valence-electron chi connectivity index (χ0n) is 41.5. The molecule has 1 aromatic carbocycles. The topological polar surface area (TPSA) is 349 Å². The molecule has 0 radical (unpaired) electrons. The van der Waals surface area contributed by atoms with Crippen LogP contribution in [0.5, 0.6) is 0 Å². The highest BCUT2D eigenvalue weighted by Gasteiger charge is 2.67. The van der Waals surface area contributed by atoms with E-state index in [4.69, 9.17) is 25.7 Å². The maximum absolute atomic E-state index is 13.6. The number of Topliss-reactive ketones (excluding diaryl/α,β-unsaturated/α-hetero) is 1. The predicted molar refractivity (Wildman–Crippen MR) is 254 cm³/mol. The Labute approximate surface area is 411 Å². The van der Waals surface area contributed by atoms with E-state index in [9.17, 15) is 53.1 Å². The third-order valence-electron chi connectivity index (χ3n) is 12.8. The molecular weight excluding hydrogens is 929 g/mol. The van der Waals surface area contributed by atoms with Crippen molar-refractivity contribution in [3.8, 4) is 0 Å². The molecule has 0 aromatic heterocycles. The molecule has 3 aliphatic rings. The van der Waals surface area contributed by atoms with Crippen molar-refractivity contribution in [3.05, 3.63) is 52.6 Å². The zero-order valence-corrected chi connectivity index (χ0v) is 41.5. The van der Waals surface area contributed by atoms with E-state index in [0.717, 1.165) is 5.57 Å². The van der Waals surface area contributed by atoms with Gasteiger partial charge in [-0.1, -0.05) is 37.6 Å². The Hall–Kier alpha value is -7.08. The number of fused-ring (bicyclic) bond motifs is 1. The van der Waals surface area contributed by atoms with E-state index in [1.165, 1.54) is 37.7 Å². The largest absolute Gasteiger partial charge is 0.465 e. The number of likely N-dealkylation sites (N-methyl/N-ethyl adjacent to an activating group) is 2. The second-order valence-electron chi connectivity index (χ2n) is 18.8. The lowest BCUT2D eigenvalue weighted by Crippen LogP contribution is -2.56. The van der Waals surface area contributed by atoms with Crippen molar-refractivity contribution in [2.45, 2.75) is 97.6 Å². The van der Waals surface area contributed by atoms with Crippen LogP contribution in [0.2, 0.25) is 0 Å². The second-order valence-corrected chi connectivity index (χ2v) is 18.8. The van der Waals surface area contributed by atoms with Crippen LogP contribution < -0.4 is 43.4 Å². The van der Waals surface area contributed by atoms with E-state index in [1.54, 1.807) is 51.1 Å². The Morgan fingerprint density at radius 1 is 0.845 bits per heavy atom. The molecule has 0 aliphatic heterocycles. The molecule has 2 unspecified atom stereocenters. The van der Waals surface area contributed by atoms with E-state index in [-0.39, 0.29) is 57.8 Å². The van der Waals surface area contributed by atoms with Crippen LogP contribution in [0.15, 0.2) is 47.1 Å². The van der Waals surface area contributed by atoms with Gasteiger partial charge in [-0.3, -0.25) is 33.6 Å². The van der Waals surface area contributed by atoms with Gasteiger partial charge in [0.2, 0.25) is 29.5 Å². The van der Waals surface area contributed by atoms with Gasteiger partial charge in [0.25, 0.3) is 0 Å². The molecule has 9 amide bonds. The Morgan fingerprint density at radius 3 is 2.03 bits per heavy atom. The fourth-order valence-electron chi connectivity index (χ4n) is 8.34. The number of nitrogens with zero attached hydrogens (tertiary/aromatic N) is 2. The molecule has 1 aromatic rings. The average Bonchev–Trinajstić information content (AvgIpc) is 4.09. The summed E-state index contributed by atoms with van der Waals surface area (Å²) in [5.41, 5.74) is 9.20. The number of urea groups is 1. The lowest BCUT2D eigenvalue weighted by atomic mass is 9.67. The summed E-state index contributed by atoms with van der Waals surface area (Å²) in [6.45, 7) is 8.23. The summed E-state index contributed by atoms with van der Waals surface area (Å²) in [5.74, 6) is -4.73. The minimum Gasteiger partial charge on any atom is -0.465 e. The van der Waals surface area contributed by atoms with Crippen molar-refractivity contribution < 1.29 is 67.3 Å². The standard InChI is InChI=1S/C47H68N10O14/c1-26(2)37(55-35(61)23-52-34(60)22-51-33(59)21-48)41(64)54-32(10-9-17-50-42(49)65)40(63)53-30-13-11-29(12-14-30)24-69-43(66)56(7)18-19-57(8)44(67)71-39-36-27(3)47(15-16-47)46(6,68)38(62)31(36)20-45(39,5)25-70-28(4)58/h11-14,20,26,32,37,39,68H,9-10,15-19,21-25,48H2,1-8H3,(H,51,59)(H,52,60)(H,53,63)(H,54,64)(H,55,61)(H3,49,50,65)/t32?,37?,39-,45+,46+/m1/s1. The summed E-state index contributed by atoms with van der Waals surface area (Å²) in [7, 11) is 2.97. The van der Waals surface area contributed by atoms with Crippen molar-refractivity contribution >= 4 is 65.2 Å². The number of ketones is 1. The Kier molecular flexibility index (Phi) is 19.2. The number of anilines is 1. The van der Waals surface area contributed by atoms with Crippen LogP contribution in [-0.2, 0) is 54.4 Å². The number of aliphatic hydroxyl groups is 1. The molecule has 1 fully saturated rings. The lowest BCUT2D eigenvalue weighted by Gasteiger charge is -2.40. The molecule has 5 atom stereocenters. The van der Waals surface area contributed by atoms with Gasteiger partial charge in [0, 0.05) is 62.9 Å². The summed E-state index contributed by atoms with van der Waals surface area (Å²) in [4.78, 5) is 129. The summed E-state index contributed by atoms with van der Waals surface area (Å²) in [6, 6.07) is 3.28. The van der Waals surface area contributed by atoms with Gasteiger partial charge in [-0.15, -0.1) is 0 Å². The first-order valence-electron chi connectivity index (χ1n) is 23.2.